The Labute approximate surface area is 135 Å². The standard InChI is InChI=1S/C16H23BrN2O2/c1-11(18-15(20)21-16(2,3)4)10-19-8-7-12-5-6-13(17)9-14(12)19/h5-6,9,11H,7-8,10H2,1-4H3,(H,18,20)/t11-/m0/s1. The Morgan fingerprint density at radius 3 is 2.86 bits per heavy atom. The van der Waals surface area contributed by atoms with Crippen molar-refractivity contribution in [3.05, 3.63) is 28.2 Å². The highest BCUT2D eigenvalue weighted by Gasteiger charge is 2.23. The summed E-state index contributed by atoms with van der Waals surface area (Å²) >= 11 is 3.52. The molecule has 1 aliphatic rings. The van der Waals surface area contributed by atoms with Crippen LogP contribution in [0.3, 0.4) is 0 Å². The first-order valence-electron chi connectivity index (χ1n) is 7.27. The quantitative estimate of drug-likeness (QED) is 0.899. The van der Waals surface area contributed by atoms with Crippen molar-refractivity contribution < 1.29 is 9.53 Å². The molecule has 21 heavy (non-hydrogen) atoms. The molecular formula is C16H23BrN2O2. The number of carbonyl (C=O) groups is 1. The molecule has 1 heterocycles. The third-order valence-electron chi connectivity index (χ3n) is 3.30. The summed E-state index contributed by atoms with van der Waals surface area (Å²) in [6.45, 7) is 9.37. The first-order valence-corrected chi connectivity index (χ1v) is 8.07. The van der Waals surface area contributed by atoms with E-state index in [0.717, 1.165) is 24.0 Å². The predicted octanol–water partition coefficient (Wildman–Crippen LogP) is 3.72. The number of halogens is 1. The lowest BCUT2D eigenvalue weighted by Crippen LogP contribution is -2.43. The lowest BCUT2D eigenvalue weighted by Gasteiger charge is -2.26. The minimum atomic E-state index is -0.463. The van der Waals surface area contributed by atoms with Gasteiger partial charge in [-0.15, -0.1) is 0 Å². The van der Waals surface area contributed by atoms with Gasteiger partial charge in [-0.1, -0.05) is 22.0 Å². The molecule has 1 aliphatic heterocycles. The number of anilines is 1. The highest BCUT2D eigenvalue weighted by Crippen LogP contribution is 2.30. The molecule has 0 fully saturated rings. The van der Waals surface area contributed by atoms with E-state index in [4.69, 9.17) is 4.74 Å². The van der Waals surface area contributed by atoms with Crippen molar-refractivity contribution in [1.82, 2.24) is 5.32 Å². The van der Waals surface area contributed by atoms with Gasteiger partial charge in [0.05, 0.1) is 0 Å². The summed E-state index contributed by atoms with van der Waals surface area (Å²) in [5.74, 6) is 0. The number of nitrogens with zero attached hydrogens (tertiary/aromatic N) is 1. The fourth-order valence-electron chi connectivity index (χ4n) is 2.49. The molecular weight excluding hydrogens is 332 g/mol. The van der Waals surface area contributed by atoms with Crippen LogP contribution in [0.1, 0.15) is 33.3 Å². The Kier molecular flexibility index (Phi) is 4.81. The maximum Gasteiger partial charge on any atom is 0.407 e. The molecule has 116 valence electrons. The van der Waals surface area contributed by atoms with E-state index in [-0.39, 0.29) is 12.1 Å². The summed E-state index contributed by atoms with van der Waals surface area (Å²) in [4.78, 5) is 14.1. The van der Waals surface area contributed by atoms with Crippen LogP contribution in [0.5, 0.6) is 0 Å². The highest BCUT2D eigenvalue weighted by atomic mass is 79.9. The molecule has 0 radical (unpaired) electrons. The predicted molar refractivity (Wildman–Crippen MR) is 88.9 cm³/mol. The topological polar surface area (TPSA) is 41.6 Å². The van der Waals surface area contributed by atoms with Crippen LogP contribution in [0.4, 0.5) is 10.5 Å². The maximum absolute atomic E-state index is 11.8. The summed E-state index contributed by atoms with van der Waals surface area (Å²) in [5.41, 5.74) is 2.15. The number of fused-ring (bicyclic) bond motifs is 1. The molecule has 2 rings (SSSR count). The van der Waals surface area contributed by atoms with Crippen LogP contribution in [0.15, 0.2) is 22.7 Å². The number of benzene rings is 1. The highest BCUT2D eigenvalue weighted by molar-refractivity contribution is 9.10. The van der Waals surface area contributed by atoms with Crippen LogP contribution in [0.25, 0.3) is 0 Å². The number of alkyl carbamates (subject to hydrolysis) is 1. The monoisotopic (exact) mass is 354 g/mol. The molecule has 1 aromatic rings. The zero-order chi connectivity index (χ0) is 15.6. The van der Waals surface area contributed by atoms with Gasteiger partial charge in [-0.3, -0.25) is 0 Å². The van der Waals surface area contributed by atoms with E-state index >= 15 is 0 Å². The summed E-state index contributed by atoms with van der Waals surface area (Å²) in [5, 5.41) is 2.89. The third-order valence-corrected chi connectivity index (χ3v) is 3.79. The van der Waals surface area contributed by atoms with E-state index < -0.39 is 5.60 Å². The van der Waals surface area contributed by atoms with Gasteiger partial charge in [0.15, 0.2) is 0 Å². The van der Waals surface area contributed by atoms with Gasteiger partial charge >= 0.3 is 6.09 Å². The van der Waals surface area contributed by atoms with Gasteiger partial charge in [0.25, 0.3) is 0 Å². The van der Waals surface area contributed by atoms with Gasteiger partial charge in [-0.05, 0) is 51.8 Å². The van der Waals surface area contributed by atoms with Crippen molar-refractivity contribution >= 4 is 27.7 Å². The average molecular weight is 355 g/mol. The fourth-order valence-corrected chi connectivity index (χ4v) is 2.84. The summed E-state index contributed by atoms with van der Waals surface area (Å²) in [7, 11) is 0. The van der Waals surface area contributed by atoms with Crippen molar-refractivity contribution in [2.75, 3.05) is 18.0 Å². The first kappa shape index (κ1) is 16.1. The number of nitrogens with one attached hydrogen (secondary N) is 1. The second-order valence-electron chi connectivity index (χ2n) is 6.52. The fraction of sp³-hybridized carbons (Fsp3) is 0.562. The SMILES string of the molecule is C[C@@H](CN1CCc2ccc(Br)cc21)NC(=O)OC(C)(C)C. The van der Waals surface area contributed by atoms with Crippen molar-refractivity contribution in [3.8, 4) is 0 Å². The van der Waals surface area contributed by atoms with Gasteiger partial charge in [0.2, 0.25) is 0 Å². The molecule has 0 saturated carbocycles. The largest absolute Gasteiger partial charge is 0.444 e. The van der Waals surface area contributed by atoms with Gasteiger partial charge in [0.1, 0.15) is 5.60 Å². The molecule has 0 aromatic heterocycles. The number of ether oxygens (including phenoxy) is 1. The Morgan fingerprint density at radius 1 is 1.48 bits per heavy atom. The van der Waals surface area contributed by atoms with Crippen LogP contribution >= 0.6 is 15.9 Å². The van der Waals surface area contributed by atoms with Gasteiger partial charge in [0, 0.05) is 29.3 Å². The minimum Gasteiger partial charge on any atom is -0.444 e. The molecule has 1 amide bonds. The zero-order valence-electron chi connectivity index (χ0n) is 13.1. The molecule has 1 N–H and O–H groups in total. The van der Waals surface area contributed by atoms with Crippen LogP contribution in [0.2, 0.25) is 0 Å². The summed E-state index contributed by atoms with van der Waals surface area (Å²) < 4.78 is 6.37. The van der Waals surface area contributed by atoms with Crippen LogP contribution < -0.4 is 10.2 Å². The Bertz CT molecular complexity index is 525. The second-order valence-corrected chi connectivity index (χ2v) is 7.43. The number of amides is 1. The molecule has 0 saturated heterocycles. The Morgan fingerprint density at radius 2 is 2.19 bits per heavy atom. The Hall–Kier alpha value is -1.23. The third kappa shape index (κ3) is 4.63. The zero-order valence-corrected chi connectivity index (χ0v) is 14.7. The van der Waals surface area contributed by atoms with Crippen LogP contribution in [-0.2, 0) is 11.2 Å². The lowest BCUT2D eigenvalue weighted by atomic mass is 10.2. The maximum atomic E-state index is 11.8. The Balaban J connectivity index is 1.92. The number of hydrogen-bond donors (Lipinski definition) is 1. The van der Waals surface area contributed by atoms with Crippen molar-refractivity contribution in [1.29, 1.82) is 0 Å². The van der Waals surface area contributed by atoms with Crippen LogP contribution in [-0.4, -0.2) is 30.8 Å². The van der Waals surface area contributed by atoms with E-state index in [1.807, 2.05) is 27.7 Å². The molecule has 5 heteroatoms. The smallest absolute Gasteiger partial charge is 0.407 e. The molecule has 0 bridgehead atoms. The van der Waals surface area contributed by atoms with Gasteiger partial charge in [-0.2, -0.15) is 0 Å². The summed E-state index contributed by atoms with van der Waals surface area (Å²) in [6.07, 6.45) is 0.700. The van der Waals surface area contributed by atoms with Crippen molar-refractivity contribution in [2.24, 2.45) is 0 Å². The van der Waals surface area contributed by atoms with Gasteiger partial charge in [-0.25, -0.2) is 4.79 Å². The number of rotatable bonds is 3. The molecule has 1 aromatic carbocycles. The van der Waals surface area contributed by atoms with E-state index in [2.05, 4.69) is 44.3 Å². The molecule has 1 atom stereocenters. The number of carbonyl (C=O) groups excluding carboxylic acids is 1. The van der Waals surface area contributed by atoms with Crippen molar-refractivity contribution in [3.63, 3.8) is 0 Å². The van der Waals surface area contributed by atoms with Gasteiger partial charge < -0.3 is 15.0 Å². The van der Waals surface area contributed by atoms with Crippen LogP contribution in [0, 0.1) is 0 Å². The van der Waals surface area contributed by atoms with E-state index in [1.54, 1.807) is 0 Å². The normalized spacial score (nSPS) is 15.6. The molecule has 4 nitrogen and oxygen atoms in total. The summed E-state index contributed by atoms with van der Waals surface area (Å²) in [6, 6.07) is 6.41. The molecule has 0 unspecified atom stereocenters. The molecule has 0 spiro atoms. The van der Waals surface area contributed by atoms with E-state index in [9.17, 15) is 4.79 Å². The van der Waals surface area contributed by atoms with E-state index in [0.29, 0.717) is 0 Å². The number of hydrogen-bond acceptors (Lipinski definition) is 3. The first-order chi connectivity index (χ1) is 9.74. The van der Waals surface area contributed by atoms with E-state index in [1.165, 1.54) is 11.3 Å². The second kappa shape index (κ2) is 6.26. The average Bonchev–Trinajstić information content (AvgIpc) is 2.69. The molecule has 0 aliphatic carbocycles. The minimum absolute atomic E-state index is 0.0322. The van der Waals surface area contributed by atoms with Crippen molar-refractivity contribution in [2.45, 2.75) is 45.8 Å². The lowest BCUT2D eigenvalue weighted by molar-refractivity contribution is 0.0510.